The number of likely N-dealkylation sites (tertiary alicyclic amines) is 1. The summed E-state index contributed by atoms with van der Waals surface area (Å²) < 4.78 is 0. The number of rotatable bonds is 0. The third kappa shape index (κ3) is 2.87. The van der Waals surface area contributed by atoms with Gasteiger partial charge in [-0.25, -0.2) is 4.79 Å². The molecule has 0 aromatic rings. The molecule has 0 aromatic carbocycles. The van der Waals surface area contributed by atoms with Crippen LogP contribution < -0.4 is 5.32 Å². The van der Waals surface area contributed by atoms with Crippen LogP contribution in [0.25, 0.3) is 0 Å². The van der Waals surface area contributed by atoms with Gasteiger partial charge < -0.3 is 15.3 Å². The van der Waals surface area contributed by atoms with Crippen LogP contribution in [-0.2, 0) is 0 Å². The molecule has 4 nitrogen and oxygen atoms in total. The quantitative estimate of drug-likeness (QED) is 0.611. The zero-order valence-electron chi connectivity index (χ0n) is 9.37. The Morgan fingerprint density at radius 2 is 2.07 bits per heavy atom. The molecule has 1 aliphatic rings. The van der Waals surface area contributed by atoms with Crippen molar-refractivity contribution in [2.24, 2.45) is 0 Å². The highest BCUT2D eigenvalue weighted by atomic mass is 16.3. The molecule has 1 aliphatic heterocycles. The number of hydrogen-bond acceptors (Lipinski definition) is 2. The Morgan fingerprint density at radius 1 is 1.50 bits per heavy atom. The summed E-state index contributed by atoms with van der Waals surface area (Å²) in [5, 5.41) is 12.3. The Morgan fingerprint density at radius 3 is 2.43 bits per heavy atom. The lowest BCUT2D eigenvalue weighted by atomic mass is 10.1. The van der Waals surface area contributed by atoms with Crippen molar-refractivity contribution in [1.82, 2.24) is 10.2 Å². The first-order chi connectivity index (χ1) is 6.29. The molecule has 1 rings (SSSR count). The van der Waals surface area contributed by atoms with E-state index in [9.17, 15) is 9.90 Å². The van der Waals surface area contributed by atoms with Crippen molar-refractivity contribution in [3.8, 4) is 0 Å². The first-order valence-electron chi connectivity index (χ1n) is 5.06. The fourth-order valence-electron chi connectivity index (χ4n) is 1.68. The number of aliphatic hydroxyl groups excluding tert-OH is 1. The zero-order chi connectivity index (χ0) is 10.9. The molecule has 0 bridgehead atoms. The summed E-state index contributed by atoms with van der Waals surface area (Å²) in [7, 11) is 0. The van der Waals surface area contributed by atoms with Gasteiger partial charge in [0.15, 0.2) is 0 Å². The standard InChI is InChI=1S/C10H20N2O2/c1-7-5-8(13)6-12(7)9(14)11-10(2,3)4/h7-8,13H,5-6H2,1-4H3,(H,11,14). The van der Waals surface area contributed by atoms with Gasteiger partial charge in [-0.05, 0) is 34.1 Å². The van der Waals surface area contributed by atoms with E-state index in [4.69, 9.17) is 0 Å². The minimum Gasteiger partial charge on any atom is -0.391 e. The first-order valence-corrected chi connectivity index (χ1v) is 5.06. The number of nitrogens with zero attached hydrogens (tertiary/aromatic N) is 1. The summed E-state index contributed by atoms with van der Waals surface area (Å²) in [4.78, 5) is 13.4. The van der Waals surface area contributed by atoms with Gasteiger partial charge in [-0.2, -0.15) is 0 Å². The van der Waals surface area contributed by atoms with Crippen molar-refractivity contribution in [2.45, 2.75) is 51.8 Å². The van der Waals surface area contributed by atoms with Crippen LogP contribution in [0.5, 0.6) is 0 Å². The van der Waals surface area contributed by atoms with Crippen molar-refractivity contribution in [3.63, 3.8) is 0 Å². The van der Waals surface area contributed by atoms with E-state index in [1.807, 2.05) is 27.7 Å². The molecule has 2 atom stereocenters. The number of β-amino-alcohol motifs (C(OH)–C–C–N with tert-alkyl or cyclic N) is 1. The average molecular weight is 200 g/mol. The van der Waals surface area contributed by atoms with E-state index in [2.05, 4.69) is 5.32 Å². The maximum atomic E-state index is 11.7. The van der Waals surface area contributed by atoms with Gasteiger partial charge in [-0.1, -0.05) is 0 Å². The molecule has 1 saturated heterocycles. The lowest BCUT2D eigenvalue weighted by Gasteiger charge is -2.27. The molecule has 0 spiro atoms. The van der Waals surface area contributed by atoms with Crippen LogP contribution >= 0.6 is 0 Å². The van der Waals surface area contributed by atoms with Crippen LogP contribution in [0.4, 0.5) is 4.79 Å². The van der Waals surface area contributed by atoms with Crippen molar-refractivity contribution >= 4 is 6.03 Å². The largest absolute Gasteiger partial charge is 0.391 e. The number of nitrogens with one attached hydrogen (secondary N) is 1. The molecule has 82 valence electrons. The third-order valence-electron chi connectivity index (χ3n) is 2.30. The van der Waals surface area contributed by atoms with Gasteiger partial charge in [0.2, 0.25) is 0 Å². The highest BCUT2D eigenvalue weighted by Gasteiger charge is 2.32. The van der Waals surface area contributed by atoms with Crippen molar-refractivity contribution < 1.29 is 9.90 Å². The lowest BCUT2D eigenvalue weighted by molar-refractivity contribution is 0.165. The summed E-state index contributed by atoms with van der Waals surface area (Å²) in [5.41, 5.74) is -0.218. The molecular formula is C10H20N2O2. The molecular weight excluding hydrogens is 180 g/mol. The Kier molecular flexibility index (Phi) is 3.04. The van der Waals surface area contributed by atoms with Crippen molar-refractivity contribution in [2.75, 3.05) is 6.54 Å². The molecule has 1 fully saturated rings. The average Bonchev–Trinajstić information content (AvgIpc) is 2.26. The normalized spacial score (nSPS) is 27.9. The van der Waals surface area contributed by atoms with Gasteiger partial charge in [0.05, 0.1) is 6.10 Å². The Bertz CT molecular complexity index is 223. The number of carbonyl (C=O) groups is 1. The van der Waals surface area contributed by atoms with Gasteiger partial charge in [0.1, 0.15) is 0 Å². The zero-order valence-corrected chi connectivity index (χ0v) is 9.37. The molecule has 14 heavy (non-hydrogen) atoms. The number of aliphatic hydroxyl groups is 1. The predicted molar refractivity (Wildman–Crippen MR) is 55.1 cm³/mol. The van der Waals surface area contributed by atoms with Crippen LogP contribution in [0.3, 0.4) is 0 Å². The molecule has 0 aliphatic carbocycles. The molecule has 2 amide bonds. The fourth-order valence-corrected chi connectivity index (χ4v) is 1.68. The summed E-state index contributed by atoms with van der Waals surface area (Å²) in [5.74, 6) is 0. The van der Waals surface area contributed by atoms with Gasteiger partial charge >= 0.3 is 6.03 Å². The van der Waals surface area contributed by atoms with Crippen molar-refractivity contribution in [1.29, 1.82) is 0 Å². The number of hydrogen-bond donors (Lipinski definition) is 2. The summed E-state index contributed by atoms with van der Waals surface area (Å²) in [6.07, 6.45) is 0.313. The van der Waals surface area contributed by atoms with Crippen LogP contribution in [0, 0.1) is 0 Å². The molecule has 0 saturated carbocycles. The van der Waals surface area contributed by atoms with Gasteiger partial charge in [-0.3, -0.25) is 0 Å². The number of carbonyl (C=O) groups excluding carboxylic acids is 1. The maximum absolute atomic E-state index is 11.7. The minimum atomic E-state index is -0.365. The smallest absolute Gasteiger partial charge is 0.318 e. The monoisotopic (exact) mass is 200 g/mol. The van der Waals surface area contributed by atoms with Crippen molar-refractivity contribution in [3.05, 3.63) is 0 Å². The second-order valence-electron chi connectivity index (χ2n) is 5.07. The second-order valence-corrected chi connectivity index (χ2v) is 5.07. The highest BCUT2D eigenvalue weighted by molar-refractivity contribution is 5.75. The predicted octanol–water partition coefficient (Wildman–Crippen LogP) is 0.950. The Labute approximate surface area is 85.3 Å². The van der Waals surface area contributed by atoms with Crippen LogP contribution in [-0.4, -0.2) is 40.3 Å². The second kappa shape index (κ2) is 3.77. The highest BCUT2D eigenvalue weighted by Crippen LogP contribution is 2.17. The summed E-state index contributed by atoms with van der Waals surface area (Å²) in [6, 6.07) is 0.0499. The molecule has 2 N–H and O–H groups in total. The summed E-state index contributed by atoms with van der Waals surface area (Å²) in [6.45, 7) is 8.24. The lowest BCUT2D eigenvalue weighted by Crippen LogP contribution is -2.49. The fraction of sp³-hybridized carbons (Fsp3) is 0.900. The topological polar surface area (TPSA) is 52.6 Å². The van der Waals surface area contributed by atoms with E-state index in [0.29, 0.717) is 13.0 Å². The van der Waals surface area contributed by atoms with E-state index in [1.165, 1.54) is 0 Å². The van der Waals surface area contributed by atoms with Crippen LogP contribution in [0.1, 0.15) is 34.1 Å². The summed E-state index contributed by atoms with van der Waals surface area (Å²) >= 11 is 0. The van der Waals surface area contributed by atoms with Gasteiger partial charge in [0, 0.05) is 18.1 Å². The van der Waals surface area contributed by atoms with Gasteiger partial charge in [-0.15, -0.1) is 0 Å². The SMILES string of the molecule is CC1CC(O)CN1C(=O)NC(C)(C)C. The minimum absolute atomic E-state index is 0.0819. The molecule has 1 heterocycles. The van der Waals surface area contributed by atoms with E-state index >= 15 is 0 Å². The van der Waals surface area contributed by atoms with E-state index < -0.39 is 0 Å². The molecule has 0 aromatic heterocycles. The van der Waals surface area contributed by atoms with Gasteiger partial charge in [0.25, 0.3) is 0 Å². The molecule has 4 heteroatoms. The van der Waals surface area contributed by atoms with E-state index in [0.717, 1.165) is 0 Å². The Balaban J connectivity index is 2.53. The first kappa shape index (κ1) is 11.3. The third-order valence-corrected chi connectivity index (χ3v) is 2.30. The van der Waals surface area contributed by atoms with Crippen LogP contribution in [0.2, 0.25) is 0 Å². The van der Waals surface area contributed by atoms with E-state index in [-0.39, 0.29) is 23.7 Å². The number of amides is 2. The molecule has 0 radical (unpaired) electrons. The van der Waals surface area contributed by atoms with Crippen LogP contribution in [0.15, 0.2) is 0 Å². The molecule has 2 unspecified atom stereocenters. The van der Waals surface area contributed by atoms with E-state index in [1.54, 1.807) is 4.90 Å². The Hall–Kier alpha value is -0.770. The maximum Gasteiger partial charge on any atom is 0.318 e. The number of urea groups is 1.